The lowest BCUT2D eigenvalue weighted by Crippen LogP contribution is -2.38. The highest BCUT2D eigenvalue weighted by atomic mass is 16.5. The SMILES string of the molecule is CCOc1ccccc1C(=O)NCC(=O)N(C)c1ccc(OCC(=O)O)cc1. The predicted molar refractivity (Wildman–Crippen MR) is 103 cm³/mol. The Morgan fingerprint density at radius 2 is 1.71 bits per heavy atom. The molecule has 0 radical (unpaired) electrons. The summed E-state index contributed by atoms with van der Waals surface area (Å²) in [6.07, 6.45) is 0. The summed E-state index contributed by atoms with van der Waals surface area (Å²) in [7, 11) is 1.58. The van der Waals surface area contributed by atoms with Gasteiger partial charge in [-0.3, -0.25) is 9.59 Å². The van der Waals surface area contributed by atoms with Crippen molar-refractivity contribution in [3.8, 4) is 11.5 Å². The Bertz CT molecular complexity index is 835. The quantitative estimate of drug-likeness (QED) is 0.682. The number of anilines is 1. The van der Waals surface area contributed by atoms with Gasteiger partial charge in [0.2, 0.25) is 5.91 Å². The number of hydrogen-bond acceptors (Lipinski definition) is 5. The zero-order chi connectivity index (χ0) is 20.5. The van der Waals surface area contributed by atoms with Gasteiger partial charge in [-0.1, -0.05) is 12.1 Å². The number of hydrogen-bond donors (Lipinski definition) is 2. The average molecular weight is 386 g/mol. The van der Waals surface area contributed by atoms with Crippen LogP contribution < -0.4 is 19.7 Å². The molecule has 0 aliphatic rings. The smallest absolute Gasteiger partial charge is 0.341 e. The Labute approximate surface area is 162 Å². The predicted octanol–water partition coefficient (Wildman–Crippen LogP) is 1.94. The molecule has 28 heavy (non-hydrogen) atoms. The number of carboxylic acid groups (broad SMARTS) is 1. The molecule has 0 fully saturated rings. The van der Waals surface area contributed by atoms with Gasteiger partial charge in [0.15, 0.2) is 6.61 Å². The van der Waals surface area contributed by atoms with Gasteiger partial charge in [0, 0.05) is 12.7 Å². The molecule has 0 aromatic heterocycles. The maximum atomic E-state index is 12.4. The molecule has 0 saturated carbocycles. The summed E-state index contributed by atoms with van der Waals surface area (Å²) in [5.41, 5.74) is 0.941. The van der Waals surface area contributed by atoms with Gasteiger partial charge in [0.25, 0.3) is 5.91 Å². The zero-order valence-corrected chi connectivity index (χ0v) is 15.7. The number of aliphatic carboxylic acids is 1. The molecule has 8 heteroatoms. The van der Waals surface area contributed by atoms with E-state index in [1.165, 1.54) is 4.90 Å². The summed E-state index contributed by atoms with van der Waals surface area (Å²) in [6, 6.07) is 13.2. The van der Waals surface area contributed by atoms with Crippen LogP contribution in [-0.4, -0.2) is 49.7 Å². The Hall–Kier alpha value is -3.55. The van der Waals surface area contributed by atoms with Crippen LogP contribution in [0.5, 0.6) is 11.5 Å². The summed E-state index contributed by atoms with van der Waals surface area (Å²) in [6.45, 7) is 1.62. The first-order valence-corrected chi connectivity index (χ1v) is 8.63. The van der Waals surface area contributed by atoms with Crippen LogP contribution in [0.1, 0.15) is 17.3 Å². The van der Waals surface area contributed by atoms with Gasteiger partial charge in [-0.15, -0.1) is 0 Å². The van der Waals surface area contributed by atoms with E-state index in [0.29, 0.717) is 29.4 Å². The van der Waals surface area contributed by atoms with E-state index >= 15 is 0 Å². The molecule has 0 aliphatic carbocycles. The number of rotatable bonds is 9. The molecule has 2 aromatic rings. The Kier molecular flexibility index (Phi) is 7.38. The number of carbonyl (C=O) groups excluding carboxylic acids is 2. The van der Waals surface area contributed by atoms with Gasteiger partial charge in [-0.25, -0.2) is 4.79 Å². The van der Waals surface area contributed by atoms with Crippen LogP contribution in [0.15, 0.2) is 48.5 Å². The fourth-order valence-electron chi connectivity index (χ4n) is 2.36. The summed E-state index contributed by atoms with van der Waals surface area (Å²) in [4.78, 5) is 36.6. The lowest BCUT2D eigenvalue weighted by Gasteiger charge is -2.18. The third-order valence-corrected chi connectivity index (χ3v) is 3.79. The van der Waals surface area contributed by atoms with Crippen LogP contribution >= 0.6 is 0 Å². The van der Waals surface area contributed by atoms with Crippen LogP contribution in [0.25, 0.3) is 0 Å². The number of para-hydroxylation sites is 1. The fourth-order valence-corrected chi connectivity index (χ4v) is 2.36. The summed E-state index contributed by atoms with van der Waals surface area (Å²) in [5.74, 6) is -0.948. The number of amides is 2. The third-order valence-electron chi connectivity index (χ3n) is 3.79. The molecule has 0 atom stereocenters. The molecule has 2 amide bonds. The monoisotopic (exact) mass is 386 g/mol. The van der Waals surface area contributed by atoms with Gasteiger partial charge in [-0.2, -0.15) is 0 Å². The standard InChI is InChI=1S/C20H22N2O6/c1-3-27-17-7-5-4-6-16(17)20(26)21-12-18(23)22(2)14-8-10-15(11-9-14)28-13-19(24)25/h4-11H,3,12-13H2,1-2H3,(H,21,26)(H,24,25). The van der Waals surface area contributed by atoms with Crippen LogP contribution in [0.2, 0.25) is 0 Å². The third kappa shape index (κ3) is 5.73. The maximum absolute atomic E-state index is 12.4. The van der Waals surface area contributed by atoms with Crippen molar-refractivity contribution in [3.05, 3.63) is 54.1 Å². The number of carbonyl (C=O) groups is 3. The molecule has 8 nitrogen and oxygen atoms in total. The van der Waals surface area contributed by atoms with Crippen molar-refractivity contribution < 1.29 is 29.0 Å². The van der Waals surface area contributed by atoms with Crippen molar-refractivity contribution in [3.63, 3.8) is 0 Å². The van der Waals surface area contributed by atoms with Gasteiger partial charge in [-0.05, 0) is 43.3 Å². The Morgan fingerprint density at radius 1 is 1.04 bits per heavy atom. The highest BCUT2D eigenvalue weighted by molar-refractivity contribution is 6.01. The van der Waals surface area contributed by atoms with Gasteiger partial charge in [0.1, 0.15) is 11.5 Å². The molecular weight excluding hydrogens is 364 g/mol. The Morgan fingerprint density at radius 3 is 2.36 bits per heavy atom. The summed E-state index contributed by atoms with van der Waals surface area (Å²) >= 11 is 0. The van der Waals surface area contributed by atoms with Crippen LogP contribution in [-0.2, 0) is 9.59 Å². The first kappa shape index (κ1) is 20.8. The van der Waals surface area contributed by atoms with Crippen LogP contribution in [0, 0.1) is 0 Å². The topological polar surface area (TPSA) is 105 Å². The number of likely N-dealkylation sites (N-methyl/N-ethyl adjacent to an activating group) is 1. The molecule has 2 N–H and O–H groups in total. The highest BCUT2D eigenvalue weighted by Crippen LogP contribution is 2.19. The van der Waals surface area contributed by atoms with E-state index in [-0.39, 0.29) is 12.5 Å². The second kappa shape index (κ2) is 9.96. The zero-order valence-electron chi connectivity index (χ0n) is 15.7. The molecule has 2 aromatic carbocycles. The minimum absolute atomic E-state index is 0.187. The summed E-state index contributed by atoms with van der Waals surface area (Å²) < 4.78 is 10.5. The lowest BCUT2D eigenvalue weighted by atomic mass is 10.2. The van der Waals surface area contributed by atoms with Crippen molar-refractivity contribution >= 4 is 23.5 Å². The van der Waals surface area contributed by atoms with Gasteiger partial charge >= 0.3 is 5.97 Å². The van der Waals surface area contributed by atoms with E-state index in [2.05, 4.69) is 5.32 Å². The van der Waals surface area contributed by atoms with E-state index in [9.17, 15) is 14.4 Å². The van der Waals surface area contributed by atoms with Crippen molar-refractivity contribution in [1.29, 1.82) is 0 Å². The van der Waals surface area contributed by atoms with E-state index in [0.717, 1.165) is 0 Å². The molecule has 0 unspecified atom stereocenters. The van der Waals surface area contributed by atoms with E-state index in [1.807, 2.05) is 6.92 Å². The van der Waals surface area contributed by atoms with Crippen molar-refractivity contribution in [2.45, 2.75) is 6.92 Å². The number of benzene rings is 2. The van der Waals surface area contributed by atoms with E-state index in [1.54, 1.807) is 55.6 Å². The Balaban J connectivity index is 1.93. The van der Waals surface area contributed by atoms with Gasteiger partial charge < -0.3 is 24.8 Å². The minimum atomic E-state index is -1.07. The first-order valence-electron chi connectivity index (χ1n) is 8.63. The van der Waals surface area contributed by atoms with E-state index in [4.69, 9.17) is 14.6 Å². The van der Waals surface area contributed by atoms with Crippen LogP contribution in [0.4, 0.5) is 5.69 Å². The molecule has 2 rings (SSSR count). The molecule has 0 saturated heterocycles. The number of nitrogens with one attached hydrogen (secondary N) is 1. The minimum Gasteiger partial charge on any atom is -0.493 e. The summed E-state index contributed by atoms with van der Waals surface area (Å²) in [5, 5.41) is 11.2. The number of nitrogens with zero attached hydrogens (tertiary/aromatic N) is 1. The normalized spacial score (nSPS) is 10.1. The van der Waals surface area contributed by atoms with Crippen molar-refractivity contribution in [2.75, 3.05) is 31.7 Å². The van der Waals surface area contributed by atoms with Crippen molar-refractivity contribution in [2.24, 2.45) is 0 Å². The number of carboxylic acids is 1. The largest absolute Gasteiger partial charge is 0.493 e. The first-order chi connectivity index (χ1) is 13.4. The molecule has 0 aliphatic heterocycles. The van der Waals surface area contributed by atoms with Crippen LogP contribution in [0.3, 0.4) is 0 Å². The molecule has 0 spiro atoms. The second-order valence-electron chi connectivity index (χ2n) is 5.74. The maximum Gasteiger partial charge on any atom is 0.341 e. The second-order valence-corrected chi connectivity index (χ2v) is 5.74. The molecular formula is C20H22N2O6. The fraction of sp³-hybridized carbons (Fsp3) is 0.250. The van der Waals surface area contributed by atoms with Crippen molar-refractivity contribution in [1.82, 2.24) is 5.32 Å². The molecule has 0 heterocycles. The van der Waals surface area contributed by atoms with Gasteiger partial charge in [0.05, 0.1) is 18.7 Å². The molecule has 148 valence electrons. The van der Waals surface area contributed by atoms with E-state index < -0.39 is 18.5 Å². The molecule has 0 bridgehead atoms. The lowest BCUT2D eigenvalue weighted by molar-refractivity contribution is -0.139. The average Bonchev–Trinajstić information content (AvgIpc) is 2.70. The number of ether oxygens (including phenoxy) is 2. The highest BCUT2D eigenvalue weighted by Gasteiger charge is 2.16.